The van der Waals surface area contributed by atoms with Crippen molar-refractivity contribution >= 4 is 23.8 Å². The van der Waals surface area contributed by atoms with Gasteiger partial charge in [-0.2, -0.15) is 26.3 Å². The second kappa shape index (κ2) is 12.0. The number of carboxylic acids is 2. The molecule has 3 fully saturated rings. The lowest BCUT2D eigenvalue weighted by Gasteiger charge is -2.54. The first-order valence-corrected chi connectivity index (χ1v) is 10.6. The predicted octanol–water partition coefficient (Wildman–Crippen LogP) is 0.936. The number of morpholine rings is 1. The maximum absolute atomic E-state index is 12.9. The van der Waals surface area contributed by atoms with Gasteiger partial charge in [0.15, 0.2) is 5.82 Å². The molecule has 1 spiro atoms. The molecule has 1 amide bonds. The first kappa shape index (κ1) is 30.9. The second-order valence-corrected chi connectivity index (χ2v) is 8.22. The lowest BCUT2D eigenvalue weighted by atomic mass is 9.91. The SMILES string of the molecule is CN1CC2(CN(c3ncc(F)cn3)C2)OCC1C(=O)N1CCCO1.O=C(O)C(F)(F)F.O=C(O)C(F)(F)F. The van der Waals surface area contributed by atoms with Crippen LogP contribution in [0.25, 0.3) is 0 Å². The normalized spacial score (nSPS) is 21.0. The third kappa shape index (κ3) is 8.35. The highest BCUT2D eigenvalue weighted by Gasteiger charge is 2.51. The molecule has 1 aromatic rings. The van der Waals surface area contributed by atoms with Crippen molar-refractivity contribution in [3.05, 3.63) is 18.2 Å². The Morgan fingerprint density at radius 1 is 1.00 bits per heavy atom. The number of halogens is 7. The number of hydroxylamine groups is 2. The zero-order chi connectivity index (χ0) is 28.9. The Kier molecular flexibility index (Phi) is 9.78. The molecule has 1 atom stereocenters. The molecule has 4 heterocycles. The highest BCUT2D eigenvalue weighted by molar-refractivity contribution is 5.81. The van der Waals surface area contributed by atoms with E-state index in [2.05, 4.69) is 9.97 Å². The number of carbonyl (C=O) groups excluding carboxylic acids is 1. The summed E-state index contributed by atoms with van der Waals surface area (Å²) in [6.45, 7) is 3.49. The minimum Gasteiger partial charge on any atom is -0.475 e. The standard InChI is InChI=1S/C15H20FN5O3.2C2HF3O2/c1-19-8-15(9-20(10-15)14-17-5-11(16)6-18-14)23-7-12(19)13(22)21-3-2-4-24-21;2*3-2(4,5)1(6)7/h5-6,12H,2-4,7-10H2,1H3;2*(H,6,7). The van der Waals surface area contributed by atoms with Crippen LogP contribution in [-0.4, -0.2) is 118 Å². The molecular weight excluding hydrogens is 543 g/mol. The van der Waals surface area contributed by atoms with E-state index in [0.29, 0.717) is 45.3 Å². The number of likely N-dealkylation sites (N-methyl/N-ethyl adjacent to an activating group) is 1. The van der Waals surface area contributed by atoms with Gasteiger partial charge in [0.1, 0.15) is 11.6 Å². The maximum Gasteiger partial charge on any atom is 0.490 e. The number of ether oxygens (including phenoxy) is 1. The van der Waals surface area contributed by atoms with Gasteiger partial charge in [0.25, 0.3) is 5.91 Å². The summed E-state index contributed by atoms with van der Waals surface area (Å²) in [5.74, 6) is -5.51. The number of carbonyl (C=O) groups is 3. The number of nitrogens with zero attached hydrogens (tertiary/aromatic N) is 5. The van der Waals surface area contributed by atoms with Crippen molar-refractivity contribution in [3.8, 4) is 0 Å². The highest BCUT2D eigenvalue weighted by atomic mass is 19.4. The molecule has 3 aliphatic rings. The van der Waals surface area contributed by atoms with Crippen molar-refractivity contribution < 1.29 is 64.9 Å². The number of alkyl halides is 6. The topological polar surface area (TPSA) is 146 Å². The Bertz CT molecular complexity index is 958. The van der Waals surface area contributed by atoms with Crippen LogP contribution < -0.4 is 4.90 Å². The van der Waals surface area contributed by atoms with E-state index in [9.17, 15) is 35.5 Å². The summed E-state index contributed by atoms with van der Waals surface area (Å²) < 4.78 is 82.4. The molecule has 4 rings (SSSR count). The van der Waals surface area contributed by atoms with Gasteiger partial charge in [-0.3, -0.25) is 14.5 Å². The molecule has 38 heavy (non-hydrogen) atoms. The van der Waals surface area contributed by atoms with Crippen LogP contribution in [-0.2, 0) is 24.0 Å². The third-order valence-corrected chi connectivity index (χ3v) is 5.23. The number of anilines is 1. The van der Waals surface area contributed by atoms with E-state index in [1.807, 2.05) is 16.8 Å². The van der Waals surface area contributed by atoms with Crippen LogP contribution in [0.3, 0.4) is 0 Å². The van der Waals surface area contributed by atoms with Gasteiger partial charge >= 0.3 is 24.3 Å². The minimum absolute atomic E-state index is 0.0390. The van der Waals surface area contributed by atoms with Crippen LogP contribution in [0.4, 0.5) is 36.7 Å². The molecule has 2 N–H and O–H groups in total. The largest absolute Gasteiger partial charge is 0.490 e. The molecule has 12 nitrogen and oxygen atoms in total. The quantitative estimate of drug-likeness (QED) is 0.494. The predicted molar refractivity (Wildman–Crippen MR) is 109 cm³/mol. The van der Waals surface area contributed by atoms with Crippen molar-refractivity contribution in [1.82, 2.24) is 19.9 Å². The number of aliphatic carboxylic acids is 2. The van der Waals surface area contributed by atoms with Crippen LogP contribution in [0.15, 0.2) is 12.4 Å². The zero-order valence-corrected chi connectivity index (χ0v) is 19.5. The highest BCUT2D eigenvalue weighted by Crippen LogP contribution is 2.33. The van der Waals surface area contributed by atoms with Crippen molar-refractivity contribution in [1.29, 1.82) is 0 Å². The Labute approximate surface area is 209 Å². The number of hydrogen-bond donors (Lipinski definition) is 2. The van der Waals surface area contributed by atoms with E-state index >= 15 is 0 Å². The van der Waals surface area contributed by atoms with E-state index in [-0.39, 0.29) is 17.6 Å². The third-order valence-electron chi connectivity index (χ3n) is 5.23. The van der Waals surface area contributed by atoms with Crippen LogP contribution >= 0.6 is 0 Å². The van der Waals surface area contributed by atoms with Crippen molar-refractivity contribution in [2.24, 2.45) is 0 Å². The fourth-order valence-corrected chi connectivity index (χ4v) is 3.49. The second-order valence-electron chi connectivity index (χ2n) is 8.22. The van der Waals surface area contributed by atoms with Gasteiger partial charge < -0.3 is 19.8 Å². The molecule has 0 aromatic carbocycles. The first-order chi connectivity index (χ1) is 17.4. The smallest absolute Gasteiger partial charge is 0.475 e. The Balaban J connectivity index is 0.000000301. The van der Waals surface area contributed by atoms with Crippen LogP contribution in [0, 0.1) is 5.82 Å². The molecule has 19 heteroatoms. The number of carboxylic acid groups (broad SMARTS) is 2. The molecule has 3 saturated heterocycles. The molecular formula is C19H22F7N5O7. The first-order valence-electron chi connectivity index (χ1n) is 10.6. The molecule has 1 aromatic heterocycles. The lowest BCUT2D eigenvalue weighted by molar-refractivity contribution is -0.193. The number of amides is 1. The Hall–Kier alpha value is -3.32. The van der Waals surface area contributed by atoms with Gasteiger partial charge in [0.2, 0.25) is 5.95 Å². The van der Waals surface area contributed by atoms with Crippen LogP contribution in [0.2, 0.25) is 0 Å². The van der Waals surface area contributed by atoms with Crippen molar-refractivity contribution in [3.63, 3.8) is 0 Å². The monoisotopic (exact) mass is 565 g/mol. The van der Waals surface area contributed by atoms with Gasteiger partial charge in [-0.05, 0) is 13.5 Å². The summed E-state index contributed by atoms with van der Waals surface area (Å²) in [4.78, 5) is 47.5. The summed E-state index contributed by atoms with van der Waals surface area (Å²) >= 11 is 0. The average Bonchev–Trinajstić information content (AvgIpc) is 3.32. The van der Waals surface area contributed by atoms with E-state index in [1.54, 1.807) is 0 Å². The summed E-state index contributed by atoms with van der Waals surface area (Å²) in [6, 6.07) is -0.315. The van der Waals surface area contributed by atoms with Crippen LogP contribution in [0.1, 0.15) is 6.42 Å². The van der Waals surface area contributed by atoms with E-state index < -0.39 is 30.1 Å². The van der Waals surface area contributed by atoms with Gasteiger partial charge in [-0.15, -0.1) is 0 Å². The summed E-state index contributed by atoms with van der Waals surface area (Å²) in [6.07, 6.45) is -6.97. The molecule has 3 aliphatic heterocycles. The summed E-state index contributed by atoms with van der Waals surface area (Å²) in [5.41, 5.74) is -0.324. The number of hydrogen-bond acceptors (Lipinski definition) is 9. The number of aromatic nitrogens is 2. The van der Waals surface area contributed by atoms with Crippen LogP contribution in [0.5, 0.6) is 0 Å². The average molecular weight is 565 g/mol. The zero-order valence-electron chi connectivity index (χ0n) is 19.5. The van der Waals surface area contributed by atoms with E-state index in [0.717, 1.165) is 18.8 Å². The molecule has 0 aliphatic carbocycles. The molecule has 0 radical (unpaired) electrons. The van der Waals surface area contributed by atoms with Gasteiger partial charge in [0.05, 0.1) is 45.2 Å². The Morgan fingerprint density at radius 2 is 1.50 bits per heavy atom. The van der Waals surface area contributed by atoms with Gasteiger partial charge in [-0.1, -0.05) is 0 Å². The lowest BCUT2D eigenvalue weighted by Crippen LogP contribution is -2.72. The van der Waals surface area contributed by atoms with Gasteiger partial charge in [-0.25, -0.2) is 29.0 Å². The maximum atomic E-state index is 12.9. The van der Waals surface area contributed by atoms with E-state index in [4.69, 9.17) is 29.4 Å². The Morgan fingerprint density at radius 3 is 1.89 bits per heavy atom. The molecule has 0 saturated carbocycles. The summed E-state index contributed by atoms with van der Waals surface area (Å²) in [7, 11) is 1.93. The van der Waals surface area contributed by atoms with E-state index in [1.165, 1.54) is 5.06 Å². The molecule has 0 bridgehead atoms. The molecule has 214 valence electrons. The van der Waals surface area contributed by atoms with Crippen molar-refractivity contribution in [2.75, 3.05) is 51.3 Å². The fraction of sp³-hybridized carbons (Fsp3) is 0.632. The van der Waals surface area contributed by atoms with Crippen molar-refractivity contribution in [2.45, 2.75) is 30.4 Å². The van der Waals surface area contributed by atoms with Gasteiger partial charge in [0, 0.05) is 6.54 Å². The fourth-order valence-electron chi connectivity index (χ4n) is 3.49. The molecule has 1 unspecified atom stereocenters. The number of rotatable bonds is 2. The summed E-state index contributed by atoms with van der Waals surface area (Å²) in [5, 5.41) is 15.7. The minimum atomic E-state index is -5.08.